The molecule has 3 aromatic rings. The van der Waals surface area contributed by atoms with Gasteiger partial charge in [0.25, 0.3) is 0 Å². The summed E-state index contributed by atoms with van der Waals surface area (Å²) in [5.41, 5.74) is 2.50. The third-order valence-corrected chi connectivity index (χ3v) is 4.86. The molecule has 118 valence electrons. The number of para-hydroxylation sites is 2. The molecule has 1 N–H and O–H groups in total. The van der Waals surface area contributed by atoms with Gasteiger partial charge in [0.2, 0.25) is 5.91 Å². The zero-order chi connectivity index (χ0) is 16.4. The molecule has 7 heteroatoms. The average Bonchev–Trinajstić information content (AvgIpc) is 2.85. The Bertz CT molecular complexity index is 879. The molecular weight excluding hydrogens is 353 g/mol. The average molecular weight is 366 g/mol. The zero-order valence-electron chi connectivity index (χ0n) is 12.2. The Balaban J connectivity index is 1.67. The summed E-state index contributed by atoms with van der Waals surface area (Å²) in [5, 5.41) is 4.51. The van der Waals surface area contributed by atoms with Gasteiger partial charge in [-0.05, 0) is 30.3 Å². The second-order valence-corrected chi connectivity index (χ2v) is 6.69. The van der Waals surface area contributed by atoms with E-state index in [9.17, 15) is 4.79 Å². The molecule has 0 saturated carbocycles. The van der Waals surface area contributed by atoms with Crippen LogP contribution in [0, 0.1) is 0 Å². The fourth-order valence-corrected chi connectivity index (χ4v) is 3.40. The topological polar surface area (TPSA) is 46.9 Å². The van der Waals surface area contributed by atoms with E-state index in [-0.39, 0.29) is 11.7 Å². The van der Waals surface area contributed by atoms with Crippen LogP contribution in [0.2, 0.25) is 10.0 Å². The number of aryl methyl sites for hydroxylation is 1. The van der Waals surface area contributed by atoms with Crippen molar-refractivity contribution in [3.8, 4) is 0 Å². The van der Waals surface area contributed by atoms with E-state index in [0.29, 0.717) is 15.7 Å². The maximum absolute atomic E-state index is 12.1. The molecule has 0 atom stereocenters. The number of nitrogens with zero attached hydrogens (tertiary/aromatic N) is 2. The molecule has 1 amide bonds. The van der Waals surface area contributed by atoms with Gasteiger partial charge in [0.1, 0.15) is 0 Å². The number of thioether (sulfide) groups is 1. The van der Waals surface area contributed by atoms with Crippen molar-refractivity contribution >= 4 is 57.6 Å². The third-order valence-electron chi connectivity index (χ3n) is 3.28. The van der Waals surface area contributed by atoms with Gasteiger partial charge in [-0.25, -0.2) is 4.98 Å². The van der Waals surface area contributed by atoms with Crippen LogP contribution in [-0.4, -0.2) is 21.2 Å². The summed E-state index contributed by atoms with van der Waals surface area (Å²) >= 11 is 13.3. The van der Waals surface area contributed by atoms with Crippen molar-refractivity contribution < 1.29 is 4.79 Å². The number of hydrogen-bond donors (Lipinski definition) is 1. The van der Waals surface area contributed by atoms with Gasteiger partial charge in [-0.2, -0.15) is 0 Å². The Morgan fingerprint density at radius 2 is 2.04 bits per heavy atom. The first-order chi connectivity index (χ1) is 11.0. The van der Waals surface area contributed by atoms with Gasteiger partial charge in [0.15, 0.2) is 5.16 Å². The molecule has 0 spiro atoms. The van der Waals surface area contributed by atoms with E-state index in [1.54, 1.807) is 18.2 Å². The lowest BCUT2D eigenvalue weighted by Crippen LogP contribution is -2.14. The standard InChI is InChI=1S/C16H13Cl2N3OS/c1-21-14-5-3-2-4-13(14)20-16(21)23-9-15(22)19-12-7-6-10(17)8-11(12)18/h2-8H,9H2,1H3,(H,19,22). The van der Waals surface area contributed by atoms with E-state index in [0.717, 1.165) is 16.2 Å². The van der Waals surface area contributed by atoms with Crippen molar-refractivity contribution in [1.29, 1.82) is 0 Å². The smallest absolute Gasteiger partial charge is 0.234 e. The highest BCUT2D eigenvalue weighted by molar-refractivity contribution is 7.99. The first kappa shape index (κ1) is 16.2. The minimum atomic E-state index is -0.147. The number of rotatable bonds is 4. The van der Waals surface area contributed by atoms with E-state index in [4.69, 9.17) is 23.2 Å². The number of hydrogen-bond acceptors (Lipinski definition) is 3. The van der Waals surface area contributed by atoms with Crippen LogP contribution >= 0.6 is 35.0 Å². The Morgan fingerprint density at radius 3 is 2.78 bits per heavy atom. The maximum Gasteiger partial charge on any atom is 0.234 e. The van der Waals surface area contributed by atoms with Crippen LogP contribution in [-0.2, 0) is 11.8 Å². The molecule has 0 unspecified atom stereocenters. The summed E-state index contributed by atoms with van der Waals surface area (Å²) in [6.07, 6.45) is 0. The molecule has 0 aliphatic rings. The van der Waals surface area contributed by atoms with Gasteiger partial charge >= 0.3 is 0 Å². The highest BCUT2D eigenvalue weighted by Gasteiger charge is 2.11. The summed E-state index contributed by atoms with van der Waals surface area (Å²) in [5.74, 6) is 0.0992. The molecule has 1 heterocycles. The van der Waals surface area contributed by atoms with Crippen LogP contribution < -0.4 is 5.32 Å². The van der Waals surface area contributed by atoms with Gasteiger partial charge in [0.05, 0.1) is 27.5 Å². The number of carbonyl (C=O) groups is 1. The fraction of sp³-hybridized carbons (Fsp3) is 0.125. The van der Waals surface area contributed by atoms with E-state index >= 15 is 0 Å². The molecular formula is C16H13Cl2N3OS. The van der Waals surface area contributed by atoms with Crippen LogP contribution in [0.5, 0.6) is 0 Å². The highest BCUT2D eigenvalue weighted by atomic mass is 35.5. The highest BCUT2D eigenvalue weighted by Crippen LogP contribution is 2.26. The van der Waals surface area contributed by atoms with E-state index < -0.39 is 0 Å². The molecule has 3 rings (SSSR count). The quantitative estimate of drug-likeness (QED) is 0.686. The van der Waals surface area contributed by atoms with Crippen LogP contribution in [0.15, 0.2) is 47.6 Å². The lowest BCUT2D eigenvalue weighted by atomic mass is 10.3. The molecule has 4 nitrogen and oxygen atoms in total. The van der Waals surface area contributed by atoms with Crippen molar-refractivity contribution in [2.24, 2.45) is 7.05 Å². The summed E-state index contributed by atoms with van der Waals surface area (Å²) in [6.45, 7) is 0. The van der Waals surface area contributed by atoms with Crippen LogP contribution in [0.25, 0.3) is 11.0 Å². The van der Waals surface area contributed by atoms with Gasteiger partial charge in [-0.3, -0.25) is 4.79 Å². The van der Waals surface area contributed by atoms with Crippen molar-refractivity contribution in [3.63, 3.8) is 0 Å². The number of benzene rings is 2. The Morgan fingerprint density at radius 1 is 1.26 bits per heavy atom. The summed E-state index contributed by atoms with van der Waals surface area (Å²) in [4.78, 5) is 16.6. The second-order valence-electron chi connectivity index (χ2n) is 4.90. The fourth-order valence-electron chi connectivity index (χ4n) is 2.16. The van der Waals surface area contributed by atoms with Gasteiger partial charge < -0.3 is 9.88 Å². The second kappa shape index (κ2) is 6.83. The summed E-state index contributed by atoms with van der Waals surface area (Å²) in [6, 6.07) is 12.8. The normalized spacial score (nSPS) is 10.9. The number of imidazole rings is 1. The van der Waals surface area contributed by atoms with Crippen molar-refractivity contribution in [1.82, 2.24) is 9.55 Å². The summed E-state index contributed by atoms with van der Waals surface area (Å²) < 4.78 is 1.97. The van der Waals surface area contributed by atoms with Gasteiger partial charge in [-0.15, -0.1) is 0 Å². The van der Waals surface area contributed by atoms with Crippen LogP contribution in [0.4, 0.5) is 5.69 Å². The number of aromatic nitrogens is 2. The van der Waals surface area contributed by atoms with Crippen LogP contribution in [0.1, 0.15) is 0 Å². The van der Waals surface area contributed by atoms with Crippen LogP contribution in [0.3, 0.4) is 0 Å². The minimum Gasteiger partial charge on any atom is -0.324 e. The SMILES string of the molecule is Cn1c(SCC(=O)Nc2ccc(Cl)cc2Cl)nc2ccccc21. The monoisotopic (exact) mass is 365 g/mol. The largest absolute Gasteiger partial charge is 0.324 e. The molecule has 1 aromatic heterocycles. The Hall–Kier alpha value is -1.69. The lowest BCUT2D eigenvalue weighted by molar-refractivity contribution is -0.113. The predicted octanol–water partition coefficient (Wildman–Crippen LogP) is 4.61. The van der Waals surface area contributed by atoms with Gasteiger partial charge in [0, 0.05) is 12.1 Å². The molecule has 0 bridgehead atoms. The molecule has 0 fully saturated rings. The lowest BCUT2D eigenvalue weighted by Gasteiger charge is -2.07. The van der Waals surface area contributed by atoms with Gasteiger partial charge in [-0.1, -0.05) is 47.1 Å². The minimum absolute atomic E-state index is 0.147. The van der Waals surface area contributed by atoms with Crippen molar-refractivity contribution in [3.05, 3.63) is 52.5 Å². The maximum atomic E-state index is 12.1. The first-order valence-electron chi connectivity index (χ1n) is 6.84. The molecule has 0 saturated heterocycles. The molecule has 2 aromatic carbocycles. The van der Waals surface area contributed by atoms with Crippen molar-refractivity contribution in [2.45, 2.75) is 5.16 Å². The number of nitrogens with one attached hydrogen (secondary N) is 1. The zero-order valence-corrected chi connectivity index (χ0v) is 14.5. The predicted molar refractivity (Wildman–Crippen MR) is 96.5 cm³/mol. The van der Waals surface area contributed by atoms with E-state index in [1.165, 1.54) is 11.8 Å². The number of halogens is 2. The summed E-state index contributed by atoms with van der Waals surface area (Å²) in [7, 11) is 1.94. The Kier molecular flexibility index (Phi) is 4.80. The third kappa shape index (κ3) is 3.63. The number of anilines is 1. The number of carbonyl (C=O) groups excluding carboxylic acids is 1. The number of fused-ring (bicyclic) bond motifs is 1. The first-order valence-corrected chi connectivity index (χ1v) is 8.58. The molecule has 23 heavy (non-hydrogen) atoms. The Labute approximate surface area is 147 Å². The molecule has 0 aliphatic heterocycles. The molecule has 0 aliphatic carbocycles. The van der Waals surface area contributed by atoms with Crippen molar-refractivity contribution in [2.75, 3.05) is 11.1 Å². The van der Waals surface area contributed by atoms with E-state index in [2.05, 4.69) is 10.3 Å². The molecule has 0 radical (unpaired) electrons. The van der Waals surface area contributed by atoms with E-state index in [1.807, 2.05) is 35.9 Å². The number of amides is 1.